The first-order valence-corrected chi connectivity index (χ1v) is 4.45. The Hall–Kier alpha value is -2.02. The molecule has 0 aliphatic heterocycles. The summed E-state index contributed by atoms with van der Waals surface area (Å²) in [6.45, 7) is 1.42. The molecule has 0 aromatic carbocycles. The Kier molecular flexibility index (Phi) is 3.90. The van der Waals surface area contributed by atoms with Crippen molar-refractivity contribution in [2.45, 2.75) is 6.92 Å². The van der Waals surface area contributed by atoms with E-state index in [1.807, 2.05) is 0 Å². The number of aromatic nitrogens is 1. The standard InChI is InChI=1S/C9H11N3O4/c1-6-7(12(14)15)3-4-8(10-6)11-9(13)5-16-2/h3-4H,5H2,1-2H3,(H,10,11,13). The van der Waals surface area contributed by atoms with E-state index < -0.39 is 4.92 Å². The fourth-order valence-corrected chi connectivity index (χ4v) is 1.13. The topological polar surface area (TPSA) is 94.4 Å². The van der Waals surface area contributed by atoms with Gasteiger partial charge in [0.2, 0.25) is 0 Å². The second-order valence-corrected chi connectivity index (χ2v) is 3.04. The molecule has 0 atom stereocenters. The van der Waals surface area contributed by atoms with Crippen LogP contribution in [-0.2, 0) is 9.53 Å². The second kappa shape index (κ2) is 5.17. The van der Waals surface area contributed by atoms with E-state index in [4.69, 9.17) is 0 Å². The first-order chi connectivity index (χ1) is 7.54. The number of rotatable bonds is 4. The van der Waals surface area contributed by atoms with Crippen molar-refractivity contribution in [3.63, 3.8) is 0 Å². The summed E-state index contributed by atoms with van der Waals surface area (Å²) in [4.78, 5) is 25.0. The number of pyridine rings is 1. The Labute approximate surface area is 91.6 Å². The van der Waals surface area contributed by atoms with Crippen LogP contribution in [0.15, 0.2) is 12.1 Å². The van der Waals surface area contributed by atoms with Crippen molar-refractivity contribution in [2.75, 3.05) is 19.0 Å². The molecule has 0 fully saturated rings. The molecule has 0 saturated carbocycles. The molecule has 1 rings (SSSR count). The normalized spacial score (nSPS) is 9.88. The monoisotopic (exact) mass is 225 g/mol. The molecule has 0 spiro atoms. The number of nitrogens with zero attached hydrogens (tertiary/aromatic N) is 2. The van der Waals surface area contributed by atoms with Gasteiger partial charge in [0, 0.05) is 13.2 Å². The predicted octanol–water partition coefficient (Wildman–Crippen LogP) is 0.883. The molecular weight excluding hydrogens is 214 g/mol. The number of carbonyl (C=O) groups is 1. The van der Waals surface area contributed by atoms with Crippen LogP contribution in [0, 0.1) is 17.0 Å². The van der Waals surface area contributed by atoms with Gasteiger partial charge < -0.3 is 10.1 Å². The average molecular weight is 225 g/mol. The average Bonchev–Trinajstić information content (AvgIpc) is 2.17. The van der Waals surface area contributed by atoms with Crippen molar-refractivity contribution >= 4 is 17.4 Å². The van der Waals surface area contributed by atoms with Crippen LogP contribution >= 0.6 is 0 Å². The van der Waals surface area contributed by atoms with Gasteiger partial charge in [-0.15, -0.1) is 0 Å². The Morgan fingerprint density at radius 3 is 2.81 bits per heavy atom. The van der Waals surface area contributed by atoms with Crippen LogP contribution in [0.4, 0.5) is 11.5 Å². The number of methoxy groups -OCH3 is 1. The summed E-state index contributed by atoms with van der Waals surface area (Å²) in [5.41, 5.74) is 0.171. The van der Waals surface area contributed by atoms with E-state index in [1.54, 1.807) is 0 Å². The van der Waals surface area contributed by atoms with Crippen LogP contribution in [0.5, 0.6) is 0 Å². The quantitative estimate of drug-likeness (QED) is 0.606. The van der Waals surface area contributed by atoms with Gasteiger partial charge in [0.25, 0.3) is 11.6 Å². The van der Waals surface area contributed by atoms with E-state index in [1.165, 1.54) is 26.2 Å². The van der Waals surface area contributed by atoms with Crippen molar-refractivity contribution in [2.24, 2.45) is 0 Å². The number of nitrogens with one attached hydrogen (secondary N) is 1. The fourth-order valence-electron chi connectivity index (χ4n) is 1.13. The van der Waals surface area contributed by atoms with Crippen molar-refractivity contribution in [3.05, 3.63) is 27.9 Å². The lowest BCUT2D eigenvalue weighted by molar-refractivity contribution is -0.385. The van der Waals surface area contributed by atoms with E-state index in [2.05, 4.69) is 15.0 Å². The summed E-state index contributed by atoms with van der Waals surface area (Å²) in [6.07, 6.45) is 0. The first-order valence-electron chi connectivity index (χ1n) is 4.45. The number of nitro groups is 1. The summed E-state index contributed by atoms with van der Waals surface area (Å²) in [6, 6.07) is 2.67. The fraction of sp³-hybridized carbons (Fsp3) is 0.333. The number of hydrogen-bond donors (Lipinski definition) is 1. The maximum Gasteiger partial charge on any atom is 0.290 e. The van der Waals surface area contributed by atoms with Crippen molar-refractivity contribution in [1.82, 2.24) is 4.98 Å². The van der Waals surface area contributed by atoms with Crippen LogP contribution in [0.2, 0.25) is 0 Å². The largest absolute Gasteiger partial charge is 0.375 e. The summed E-state index contributed by atoms with van der Waals surface area (Å²) in [7, 11) is 1.40. The Morgan fingerprint density at radius 1 is 1.62 bits per heavy atom. The van der Waals surface area contributed by atoms with Crippen molar-refractivity contribution < 1.29 is 14.5 Å². The van der Waals surface area contributed by atoms with Gasteiger partial charge in [-0.3, -0.25) is 14.9 Å². The lowest BCUT2D eigenvalue weighted by Gasteiger charge is -2.04. The molecule has 0 bridgehead atoms. The zero-order valence-electron chi connectivity index (χ0n) is 8.89. The maximum atomic E-state index is 11.1. The van der Waals surface area contributed by atoms with Crippen LogP contribution in [0.3, 0.4) is 0 Å². The highest BCUT2D eigenvalue weighted by atomic mass is 16.6. The molecule has 0 aliphatic carbocycles. The molecule has 0 saturated heterocycles. The minimum atomic E-state index is -0.525. The molecule has 16 heavy (non-hydrogen) atoms. The number of ether oxygens (including phenoxy) is 1. The Morgan fingerprint density at radius 2 is 2.31 bits per heavy atom. The molecule has 0 radical (unpaired) electrons. The minimum absolute atomic E-state index is 0.0789. The molecule has 86 valence electrons. The van der Waals surface area contributed by atoms with E-state index in [0.717, 1.165) is 0 Å². The summed E-state index contributed by atoms with van der Waals surface area (Å²) < 4.78 is 4.62. The molecule has 1 aromatic heterocycles. The van der Waals surface area contributed by atoms with Crippen molar-refractivity contribution in [3.8, 4) is 0 Å². The van der Waals surface area contributed by atoms with Crippen LogP contribution < -0.4 is 5.32 Å². The highest BCUT2D eigenvalue weighted by Crippen LogP contribution is 2.17. The SMILES string of the molecule is COCC(=O)Nc1ccc([N+](=O)[O-])c(C)n1. The molecule has 7 nitrogen and oxygen atoms in total. The van der Waals surface area contributed by atoms with Gasteiger partial charge >= 0.3 is 0 Å². The van der Waals surface area contributed by atoms with Crippen LogP contribution in [0.1, 0.15) is 5.69 Å². The van der Waals surface area contributed by atoms with Gasteiger partial charge in [0.15, 0.2) is 0 Å². The number of anilines is 1. The summed E-state index contributed by atoms with van der Waals surface area (Å²) in [5, 5.41) is 13.0. The second-order valence-electron chi connectivity index (χ2n) is 3.04. The molecule has 7 heteroatoms. The van der Waals surface area contributed by atoms with Gasteiger partial charge in [-0.05, 0) is 13.0 Å². The molecule has 1 heterocycles. The molecule has 1 amide bonds. The lowest BCUT2D eigenvalue weighted by Crippen LogP contribution is -2.18. The van der Waals surface area contributed by atoms with Gasteiger partial charge in [0.05, 0.1) is 4.92 Å². The number of hydrogen-bond acceptors (Lipinski definition) is 5. The van der Waals surface area contributed by atoms with E-state index in [0.29, 0.717) is 0 Å². The lowest BCUT2D eigenvalue weighted by atomic mass is 10.3. The molecule has 0 unspecified atom stereocenters. The van der Waals surface area contributed by atoms with Gasteiger partial charge in [-0.25, -0.2) is 4.98 Å². The summed E-state index contributed by atoms with van der Waals surface area (Å²) in [5.74, 6) is -0.0894. The van der Waals surface area contributed by atoms with Gasteiger partial charge in [0.1, 0.15) is 18.1 Å². The predicted molar refractivity (Wildman–Crippen MR) is 56.1 cm³/mol. The minimum Gasteiger partial charge on any atom is -0.375 e. The third-order valence-electron chi connectivity index (χ3n) is 1.80. The third kappa shape index (κ3) is 2.99. The molecule has 1 N–H and O–H groups in total. The summed E-state index contributed by atoms with van der Waals surface area (Å²) >= 11 is 0. The van der Waals surface area contributed by atoms with Gasteiger partial charge in [-0.2, -0.15) is 0 Å². The zero-order valence-corrected chi connectivity index (χ0v) is 8.89. The van der Waals surface area contributed by atoms with E-state index >= 15 is 0 Å². The van der Waals surface area contributed by atoms with Crippen LogP contribution in [-0.4, -0.2) is 29.5 Å². The Bertz CT molecular complexity index is 419. The molecular formula is C9H11N3O4. The number of amides is 1. The molecule has 0 aliphatic rings. The van der Waals surface area contributed by atoms with E-state index in [-0.39, 0.29) is 29.7 Å². The highest BCUT2D eigenvalue weighted by Gasteiger charge is 2.12. The van der Waals surface area contributed by atoms with Crippen LogP contribution in [0.25, 0.3) is 0 Å². The highest BCUT2D eigenvalue weighted by molar-refractivity contribution is 5.90. The third-order valence-corrected chi connectivity index (χ3v) is 1.80. The Balaban J connectivity index is 2.81. The first kappa shape index (κ1) is 12.1. The maximum absolute atomic E-state index is 11.1. The van der Waals surface area contributed by atoms with Crippen molar-refractivity contribution in [1.29, 1.82) is 0 Å². The smallest absolute Gasteiger partial charge is 0.290 e. The van der Waals surface area contributed by atoms with Gasteiger partial charge in [-0.1, -0.05) is 0 Å². The number of carbonyl (C=O) groups excluding carboxylic acids is 1. The number of aryl methyl sites for hydroxylation is 1. The zero-order chi connectivity index (χ0) is 12.1. The molecule has 1 aromatic rings. The van der Waals surface area contributed by atoms with E-state index in [9.17, 15) is 14.9 Å².